The summed E-state index contributed by atoms with van der Waals surface area (Å²) < 4.78 is 45.2. The fourth-order valence-electron chi connectivity index (χ4n) is 3.96. The van der Waals surface area contributed by atoms with Crippen LogP contribution < -0.4 is 14.4 Å². The summed E-state index contributed by atoms with van der Waals surface area (Å²) in [5.74, 6) is -0.685. The summed E-state index contributed by atoms with van der Waals surface area (Å²) in [6.07, 6.45) is 0.688. The maximum absolute atomic E-state index is 14.3. The van der Waals surface area contributed by atoms with Crippen LogP contribution in [0.1, 0.15) is 30.6 Å². The molecule has 0 bridgehead atoms. The van der Waals surface area contributed by atoms with Gasteiger partial charge in [-0.3, -0.25) is 14.6 Å². The molecule has 0 aliphatic carbocycles. The summed E-state index contributed by atoms with van der Waals surface area (Å²) in [4.78, 5) is 21.9. The minimum atomic E-state index is -0.747. The highest BCUT2D eigenvalue weighted by Crippen LogP contribution is 2.34. The third-order valence-electron chi connectivity index (χ3n) is 5.63. The van der Waals surface area contributed by atoms with E-state index < -0.39 is 11.6 Å². The Morgan fingerprint density at radius 3 is 2.60 bits per heavy atom. The maximum atomic E-state index is 14.3. The van der Waals surface area contributed by atoms with Gasteiger partial charge in [-0.1, -0.05) is 11.3 Å². The van der Waals surface area contributed by atoms with Crippen molar-refractivity contribution in [1.82, 2.24) is 9.88 Å². The summed E-state index contributed by atoms with van der Waals surface area (Å²) in [6.45, 7) is 8.85. The first-order chi connectivity index (χ1) is 17.0. The number of rotatable bonds is 10. The predicted octanol–water partition coefficient (Wildman–Crippen LogP) is 4.74. The number of carbonyl (C=O) groups is 1. The smallest absolute Gasteiger partial charge is 0.260 e. The Morgan fingerprint density at radius 1 is 1.11 bits per heavy atom. The van der Waals surface area contributed by atoms with E-state index in [1.165, 1.54) is 11.0 Å². The highest BCUT2D eigenvalue weighted by molar-refractivity contribution is 7.22. The zero-order valence-corrected chi connectivity index (χ0v) is 20.7. The molecule has 0 atom stereocenters. The van der Waals surface area contributed by atoms with Crippen LogP contribution in [0.15, 0.2) is 30.3 Å². The number of hydrogen-bond donors (Lipinski definition) is 0. The van der Waals surface area contributed by atoms with Crippen LogP contribution in [0, 0.1) is 11.6 Å². The monoisotopic (exact) mass is 505 g/mol. The number of halogens is 2. The van der Waals surface area contributed by atoms with Crippen molar-refractivity contribution in [2.45, 2.75) is 20.3 Å². The molecule has 4 rings (SSSR count). The highest BCUT2D eigenvalue weighted by Gasteiger charge is 2.24. The lowest BCUT2D eigenvalue weighted by Gasteiger charge is -2.27. The number of amides is 1. The van der Waals surface area contributed by atoms with E-state index in [1.807, 2.05) is 13.8 Å². The molecule has 188 valence electrons. The Bertz CT molecular complexity index is 1170. The Balaban J connectivity index is 1.63. The maximum Gasteiger partial charge on any atom is 0.260 e. The van der Waals surface area contributed by atoms with E-state index in [0.29, 0.717) is 66.3 Å². The van der Waals surface area contributed by atoms with Crippen molar-refractivity contribution in [2.24, 2.45) is 0 Å². The Morgan fingerprint density at radius 2 is 1.86 bits per heavy atom. The fourth-order valence-corrected chi connectivity index (χ4v) is 4.99. The number of morpholine rings is 1. The number of carbonyl (C=O) groups excluding carboxylic acids is 1. The van der Waals surface area contributed by atoms with Crippen LogP contribution in [-0.2, 0) is 4.74 Å². The van der Waals surface area contributed by atoms with Crippen molar-refractivity contribution in [3.05, 3.63) is 47.5 Å². The Labute approximate surface area is 207 Å². The van der Waals surface area contributed by atoms with E-state index in [1.54, 1.807) is 18.2 Å². The van der Waals surface area contributed by atoms with E-state index >= 15 is 0 Å². The molecule has 35 heavy (non-hydrogen) atoms. The summed E-state index contributed by atoms with van der Waals surface area (Å²) in [5, 5.41) is 0.323. The zero-order chi connectivity index (χ0) is 24.8. The SMILES string of the molecule is CCOc1ccc(C(=O)N(CCCN2CCOCC2)c2nc3c(F)cc(F)cc3s2)cc1OCC. The zero-order valence-electron chi connectivity index (χ0n) is 19.9. The van der Waals surface area contributed by atoms with Crippen molar-refractivity contribution in [2.75, 3.05) is 57.5 Å². The van der Waals surface area contributed by atoms with Crippen LogP contribution in [0.3, 0.4) is 0 Å². The van der Waals surface area contributed by atoms with Crippen molar-refractivity contribution >= 4 is 32.6 Å². The molecule has 10 heteroatoms. The van der Waals surface area contributed by atoms with Gasteiger partial charge in [-0.2, -0.15) is 0 Å². The quantitative estimate of drug-likeness (QED) is 0.397. The van der Waals surface area contributed by atoms with Gasteiger partial charge in [-0.05, 0) is 44.5 Å². The number of thiazole rings is 1. The van der Waals surface area contributed by atoms with E-state index in [4.69, 9.17) is 14.2 Å². The van der Waals surface area contributed by atoms with Crippen LogP contribution in [-0.4, -0.2) is 68.4 Å². The van der Waals surface area contributed by atoms with Gasteiger partial charge in [0.25, 0.3) is 5.91 Å². The molecule has 1 amide bonds. The molecule has 7 nitrogen and oxygen atoms in total. The van der Waals surface area contributed by atoms with Gasteiger partial charge >= 0.3 is 0 Å². The first-order valence-corrected chi connectivity index (χ1v) is 12.6. The summed E-state index contributed by atoms with van der Waals surface area (Å²) in [7, 11) is 0. The van der Waals surface area contributed by atoms with Crippen LogP contribution in [0.25, 0.3) is 10.2 Å². The number of hydrogen-bond acceptors (Lipinski definition) is 7. The molecule has 1 fully saturated rings. The molecular weight excluding hydrogens is 476 g/mol. The minimum absolute atomic E-state index is 0.0547. The third kappa shape index (κ3) is 6.06. The van der Waals surface area contributed by atoms with Crippen molar-refractivity contribution in [3.8, 4) is 11.5 Å². The van der Waals surface area contributed by atoms with Crippen molar-refractivity contribution in [3.63, 3.8) is 0 Å². The van der Waals surface area contributed by atoms with Crippen LogP contribution in [0.4, 0.5) is 13.9 Å². The van der Waals surface area contributed by atoms with Crippen LogP contribution in [0.2, 0.25) is 0 Å². The molecule has 1 aromatic heterocycles. The molecule has 0 saturated carbocycles. The molecule has 0 unspecified atom stereocenters. The molecule has 0 N–H and O–H groups in total. The van der Waals surface area contributed by atoms with Gasteiger partial charge in [-0.25, -0.2) is 13.8 Å². The fraction of sp³-hybridized carbons (Fsp3) is 0.440. The van der Waals surface area contributed by atoms with E-state index in [9.17, 15) is 13.6 Å². The second-order valence-electron chi connectivity index (χ2n) is 8.02. The molecule has 1 saturated heterocycles. The van der Waals surface area contributed by atoms with Crippen molar-refractivity contribution in [1.29, 1.82) is 0 Å². The number of fused-ring (bicyclic) bond motifs is 1. The second kappa shape index (κ2) is 11.7. The van der Waals surface area contributed by atoms with E-state index in [-0.39, 0.29) is 11.4 Å². The third-order valence-corrected chi connectivity index (χ3v) is 6.65. The molecular formula is C25H29F2N3O4S. The minimum Gasteiger partial charge on any atom is -0.490 e. The molecule has 1 aliphatic rings. The van der Waals surface area contributed by atoms with Gasteiger partial charge in [0, 0.05) is 37.8 Å². The Kier molecular flexibility index (Phi) is 8.48. The largest absolute Gasteiger partial charge is 0.490 e. The standard InChI is InChI=1S/C25H29F2N3O4S/c1-3-33-20-7-6-17(14-21(20)34-4-2)24(31)30(9-5-8-29-10-12-32-13-11-29)25-28-23-19(27)15-18(26)16-22(23)35-25/h6-7,14-16H,3-5,8-13H2,1-2H3. The lowest BCUT2D eigenvalue weighted by atomic mass is 10.1. The summed E-state index contributed by atoms with van der Waals surface area (Å²) in [5.41, 5.74) is 0.452. The average molecular weight is 506 g/mol. The van der Waals surface area contributed by atoms with Crippen LogP contribution >= 0.6 is 11.3 Å². The molecule has 1 aliphatic heterocycles. The second-order valence-corrected chi connectivity index (χ2v) is 9.03. The van der Waals surface area contributed by atoms with Gasteiger partial charge < -0.3 is 14.2 Å². The van der Waals surface area contributed by atoms with Gasteiger partial charge in [-0.15, -0.1) is 0 Å². The van der Waals surface area contributed by atoms with E-state index in [2.05, 4.69) is 9.88 Å². The van der Waals surface area contributed by atoms with Crippen molar-refractivity contribution < 1.29 is 27.8 Å². The van der Waals surface area contributed by atoms with Gasteiger partial charge in [0.05, 0.1) is 31.1 Å². The summed E-state index contributed by atoms with van der Waals surface area (Å²) in [6, 6.07) is 7.08. The Hall–Kier alpha value is -2.82. The van der Waals surface area contributed by atoms with Gasteiger partial charge in [0.2, 0.25) is 0 Å². The number of benzene rings is 2. The number of anilines is 1. The summed E-state index contributed by atoms with van der Waals surface area (Å²) >= 11 is 1.09. The molecule has 2 heterocycles. The first kappa shape index (κ1) is 25.3. The topological polar surface area (TPSA) is 64.1 Å². The number of aromatic nitrogens is 1. The molecule has 0 spiro atoms. The van der Waals surface area contributed by atoms with E-state index in [0.717, 1.165) is 37.0 Å². The number of ether oxygens (including phenoxy) is 3. The molecule has 3 aromatic rings. The average Bonchev–Trinajstić information content (AvgIpc) is 3.27. The van der Waals surface area contributed by atoms with Gasteiger partial charge in [0.1, 0.15) is 11.3 Å². The highest BCUT2D eigenvalue weighted by atomic mass is 32.1. The number of nitrogens with zero attached hydrogens (tertiary/aromatic N) is 3. The van der Waals surface area contributed by atoms with Crippen LogP contribution in [0.5, 0.6) is 11.5 Å². The molecule has 0 radical (unpaired) electrons. The first-order valence-electron chi connectivity index (χ1n) is 11.8. The normalized spacial score (nSPS) is 14.3. The lowest BCUT2D eigenvalue weighted by Crippen LogP contribution is -2.39. The molecule has 2 aromatic carbocycles. The van der Waals surface area contributed by atoms with Gasteiger partial charge in [0.15, 0.2) is 22.4 Å². The predicted molar refractivity (Wildman–Crippen MR) is 132 cm³/mol. The lowest BCUT2D eigenvalue weighted by molar-refractivity contribution is 0.0376.